The monoisotopic (exact) mass is 651 g/mol. The van der Waals surface area contributed by atoms with Gasteiger partial charge < -0.3 is 24.8 Å². The van der Waals surface area contributed by atoms with Gasteiger partial charge in [-0.3, -0.25) is 19.4 Å². The smallest absolute Gasteiger partial charge is 0.411 e. The predicted octanol–water partition coefficient (Wildman–Crippen LogP) is 4.07. The molecule has 3 amide bonds. The number of carbonyl (C=O) groups is 3. The summed E-state index contributed by atoms with van der Waals surface area (Å²) >= 11 is 2.93. The molecule has 3 aliphatic rings. The van der Waals surface area contributed by atoms with Gasteiger partial charge in [-0.05, 0) is 17.7 Å². The Labute approximate surface area is 270 Å². The van der Waals surface area contributed by atoms with Gasteiger partial charge in [0.1, 0.15) is 12.6 Å². The normalized spacial score (nSPS) is 19.7. The highest BCUT2D eigenvalue weighted by molar-refractivity contribution is 8.01. The van der Waals surface area contributed by atoms with Crippen LogP contribution in [0.25, 0.3) is 11.3 Å². The lowest BCUT2D eigenvalue weighted by molar-refractivity contribution is -0.121. The fourth-order valence-corrected chi connectivity index (χ4v) is 8.00. The van der Waals surface area contributed by atoms with Gasteiger partial charge in [0, 0.05) is 74.5 Å². The number of morpholine rings is 1. The lowest BCUT2D eigenvalue weighted by atomic mass is 10.0. The minimum atomic E-state index is -0.704. The highest BCUT2D eigenvalue weighted by Crippen LogP contribution is 2.47. The molecule has 0 radical (unpaired) electrons. The molecule has 3 saturated heterocycles. The van der Waals surface area contributed by atoms with Crippen molar-refractivity contribution < 1.29 is 28.6 Å². The van der Waals surface area contributed by atoms with Crippen LogP contribution in [0.1, 0.15) is 28.8 Å². The molecule has 6 rings (SSSR count). The van der Waals surface area contributed by atoms with Crippen molar-refractivity contribution in [1.29, 1.82) is 0 Å². The summed E-state index contributed by atoms with van der Waals surface area (Å²) in [6.45, 7) is 5.78. The van der Waals surface area contributed by atoms with Gasteiger partial charge in [-0.2, -0.15) is 0 Å². The first-order valence-corrected chi connectivity index (χ1v) is 17.0. The van der Waals surface area contributed by atoms with Gasteiger partial charge in [-0.15, -0.1) is 23.1 Å². The lowest BCUT2D eigenvalue weighted by Crippen LogP contribution is -2.55. The number of aromatic nitrogens is 1. The summed E-state index contributed by atoms with van der Waals surface area (Å²) in [5.41, 5.74) is 2.98. The number of nitrogens with one attached hydrogen (secondary N) is 2. The predicted molar refractivity (Wildman–Crippen MR) is 173 cm³/mol. The Morgan fingerprint density at radius 1 is 0.978 bits per heavy atom. The van der Waals surface area contributed by atoms with Gasteiger partial charge in [0.15, 0.2) is 5.13 Å². The average Bonchev–Trinajstić information content (AvgIpc) is 3.70. The van der Waals surface area contributed by atoms with Crippen LogP contribution >= 0.6 is 23.1 Å². The van der Waals surface area contributed by atoms with E-state index in [4.69, 9.17) is 14.2 Å². The minimum absolute atomic E-state index is 0.121. The largest absolute Gasteiger partial charge is 0.444 e. The molecule has 0 saturated carbocycles. The van der Waals surface area contributed by atoms with E-state index in [-0.39, 0.29) is 18.4 Å². The Bertz CT molecular complexity index is 1460. The zero-order valence-corrected chi connectivity index (χ0v) is 26.6. The average molecular weight is 652 g/mol. The number of thiazole rings is 1. The summed E-state index contributed by atoms with van der Waals surface area (Å²) in [4.78, 5) is 47.7. The van der Waals surface area contributed by atoms with E-state index in [2.05, 4.69) is 20.5 Å². The summed E-state index contributed by atoms with van der Waals surface area (Å²) in [7, 11) is 0. The molecule has 3 fully saturated rings. The number of anilines is 1. The summed E-state index contributed by atoms with van der Waals surface area (Å²) in [5, 5.41) is 8.22. The summed E-state index contributed by atoms with van der Waals surface area (Å²) in [6, 6.07) is 16.1. The van der Waals surface area contributed by atoms with Gasteiger partial charge in [-0.1, -0.05) is 42.5 Å². The number of hydrogen-bond acceptors (Lipinski definition) is 10. The summed E-state index contributed by atoms with van der Waals surface area (Å²) < 4.78 is 16.7. The second kappa shape index (κ2) is 14.7. The summed E-state index contributed by atoms with van der Waals surface area (Å²) in [5.74, 6) is 0.0395. The van der Waals surface area contributed by atoms with Crippen molar-refractivity contribution in [2.24, 2.45) is 0 Å². The zero-order valence-electron chi connectivity index (χ0n) is 24.9. The Hall–Kier alpha value is -3.49. The zero-order chi connectivity index (χ0) is 31.1. The van der Waals surface area contributed by atoms with E-state index >= 15 is 0 Å². The van der Waals surface area contributed by atoms with Crippen molar-refractivity contribution in [3.63, 3.8) is 0 Å². The van der Waals surface area contributed by atoms with Crippen LogP contribution in [0.4, 0.5) is 9.93 Å². The topological polar surface area (TPSA) is 122 Å². The van der Waals surface area contributed by atoms with Crippen molar-refractivity contribution in [2.75, 3.05) is 63.7 Å². The molecule has 1 spiro atoms. The van der Waals surface area contributed by atoms with Crippen LogP contribution in [0.5, 0.6) is 0 Å². The first kappa shape index (κ1) is 31.5. The molecular formula is C32H37N5O6S2. The highest BCUT2D eigenvalue weighted by atomic mass is 32.2. The number of nitrogens with zero attached hydrogens (tertiary/aromatic N) is 3. The maximum absolute atomic E-state index is 13.6. The SMILES string of the molecule is O=C(NCCN1CCOCC1)c1ccc(-c2csc(NC(=O)C3CSC4(CCOCC4)N3C(=O)OCc3ccccc3)n2)cc1. The Kier molecular flexibility index (Phi) is 10.3. The maximum atomic E-state index is 13.6. The molecule has 1 atom stereocenters. The molecule has 4 heterocycles. The molecule has 45 heavy (non-hydrogen) atoms. The van der Waals surface area contributed by atoms with Crippen LogP contribution in [0.15, 0.2) is 60.0 Å². The van der Waals surface area contributed by atoms with Crippen LogP contribution in [0, 0.1) is 0 Å². The Morgan fingerprint density at radius 3 is 2.47 bits per heavy atom. The molecule has 1 unspecified atom stereocenters. The number of rotatable bonds is 9. The quantitative estimate of drug-likeness (QED) is 0.353. The van der Waals surface area contributed by atoms with Crippen molar-refractivity contribution in [3.05, 3.63) is 71.1 Å². The van der Waals surface area contributed by atoms with Crippen LogP contribution < -0.4 is 10.6 Å². The number of ether oxygens (including phenoxy) is 3. The lowest BCUT2D eigenvalue weighted by Gasteiger charge is -2.41. The van der Waals surface area contributed by atoms with Crippen LogP contribution in [-0.2, 0) is 25.6 Å². The number of benzene rings is 2. The van der Waals surface area contributed by atoms with Gasteiger partial charge in [-0.25, -0.2) is 9.78 Å². The second-order valence-electron chi connectivity index (χ2n) is 11.1. The van der Waals surface area contributed by atoms with Crippen molar-refractivity contribution >= 4 is 46.1 Å². The van der Waals surface area contributed by atoms with E-state index in [0.29, 0.717) is 54.7 Å². The van der Waals surface area contributed by atoms with E-state index in [1.165, 1.54) is 11.3 Å². The Morgan fingerprint density at radius 2 is 1.71 bits per heavy atom. The first-order valence-electron chi connectivity index (χ1n) is 15.2. The van der Waals surface area contributed by atoms with Crippen LogP contribution in [-0.4, -0.2) is 102 Å². The van der Waals surface area contributed by atoms with Gasteiger partial charge >= 0.3 is 6.09 Å². The number of thioether (sulfide) groups is 1. The number of hydrogen-bond donors (Lipinski definition) is 2. The molecule has 11 nitrogen and oxygen atoms in total. The standard InChI is InChI=1S/C32H37N5O6S2/c38-28(33-12-13-36-14-18-42-19-15-36)25-8-6-24(7-9-25)26-21-44-30(34-26)35-29(39)27-22-45-32(10-16-41-17-11-32)37(27)31(40)43-20-23-4-2-1-3-5-23/h1-9,21,27H,10-20,22H2,(H,33,38)(H,34,35,39). The van der Waals surface area contributed by atoms with E-state index < -0.39 is 17.0 Å². The van der Waals surface area contributed by atoms with Gasteiger partial charge in [0.25, 0.3) is 5.91 Å². The van der Waals surface area contributed by atoms with E-state index in [0.717, 1.165) is 44.0 Å². The van der Waals surface area contributed by atoms with Crippen LogP contribution in [0.3, 0.4) is 0 Å². The molecule has 3 aromatic rings. The third-order valence-electron chi connectivity index (χ3n) is 8.23. The molecule has 0 aliphatic carbocycles. The number of carbonyl (C=O) groups excluding carboxylic acids is 3. The van der Waals surface area contributed by atoms with Gasteiger partial charge in [0.05, 0.1) is 23.8 Å². The fourth-order valence-electron chi connectivity index (χ4n) is 5.71. The summed E-state index contributed by atoms with van der Waals surface area (Å²) in [6.07, 6.45) is 0.757. The molecule has 0 bridgehead atoms. The Balaban J connectivity index is 1.06. The second-order valence-corrected chi connectivity index (χ2v) is 13.3. The molecular weight excluding hydrogens is 615 g/mol. The third kappa shape index (κ3) is 7.67. The highest BCUT2D eigenvalue weighted by Gasteiger charge is 2.53. The van der Waals surface area contributed by atoms with E-state index in [1.807, 2.05) is 47.8 Å². The minimum Gasteiger partial charge on any atom is -0.444 e. The molecule has 3 aliphatic heterocycles. The van der Waals surface area contributed by atoms with Crippen molar-refractivity contribution in [3.8, 4) is 11.3 Å². The third-order valence-corrected chi connectivity index (χ3v) is 10.6. The van der Waals surface area contributed by atoms with E-state index in [9.17, 15) is 14.4 Å². The van der Waals surface area contributed by atoms with Crippen molar-refractivity contribution in [1.82, 2.24) is 20.1 Å². The molecule has 2 N–H and O–H groups in total. The van der Waals surface area contributed by atoms with Crippen molar-refractivity contribution in [2.45, 2.75) is 30.4 Å². The van der Waals surface area contributed by atoms with Crippen LogP contribution in [0.2, 0.25) is 0 Å². The number of amides is 3. The first-order chi connectivity index (χ1) is 22.0. The maximum Gasteiger partial charge on any atom is 0.411 e. The molecule has 1 aromatic heterocycles. The van der Waals surface area contributed by atoms with Gasteiger partial charge in [0.2, 0.25) is 5.91 Å². The molecule has 238 valence electrons. The molecule has 13 heteroatoms. The molecule has 2 aromatic carbocycles. The fraction of sp³-hybridized carbons (Fsp3) is 0.438. The van der Waals surface area contributed by atoms with E-state index in [1.54, 1.807) is 28.8 Å².